The number of carbonyl (C=O) groups is 2. The van der Waals surface area contributed by atoms with Gasteiger partial charge in [-0.3, -0.25) is 14.9 Å². The largest absolute Gasteiger partial charge is 0.465 e. The lowest BCUT2D eigenvalue weighted by atomic mass is 9.97. The van der Waals surface area contributed by atoms with Gasteiger partial charge in [-0.15, -0.1) is 11.3 Å². The molecule has 0 aliphatic heterocycles. The molecular weight excluding hydrogens is 439 g/mol. The number of Topliss-reactive ketones (excluding diaryl/α,β-unsaturated/α-hetero) is 1. The SMILES string of the molecule is COC(=O)c1cc(C(=O)[C@@H](C#N)c2nc3ccc(C(F)(F)F)cc3s2)cc([N+](=O)[O-])c1. The molecular formula is C19H10F3N3O5S. The molecule has 3 rings (SSSR count). The van der Waals surface area contributed by atoms with Crippen molar-refractivity contribution in [2.75, 3.05) is 7.11 Å². The molecule has 0 radical (unpaired) electrons. The standard InChI is InChI=1S/C19H10F3N3O5S/c1-30-18(27)10-4-9(5-12(6-10)25(28)29)16(26)13(8-23)17-24-14-3-2-11(19(20,21)22)7-15(14)31-17/h2-7,13H,1H3/t13-/m1/s1. The molecule has 0 fully saturated rings. The number of nitro groups is 1. The summed E-state index contributed by atoms with van der Waals surface area (Å²) >= 11 is 0.729. The number of rotatable bonds is 5. The van der Waals surface area contributed by atoms with Gasteiger partial charge >= 0.3 is 12.1 Å². The number of hydrogen-bond acceptors (Lipinski definition) is 8. The highest BCUT2D eigenvalue weighted by Crippen LogP contribution is 2.35. The molecule has 1 atom stereocenters. The van der Waals surface area contributed by atoms with Crippen LogP contribution in [0.4, 0.5) is 18.9 Å². The summed E-state index contributed by atoms with van der Waals surface area (Å²) in [6.07, 6.45) is -4.57. The summed E-state index contributed by atoms with van der Waals surface area (Å²) in [5, 5.41) is 20.6. The van der Waals surface area contributed by atoms with Crippen molar-refractivity contribution in [2.45, 2.75) is 12.1 Å². The minimum Gasteiger partial charge on any atom is -0.465 e. The fourth-order valence-corrected chi connectivity index (χ4v) is 3.78. The first-order valence-corrected chi connectivity index (χ1v) is 9.16. The summed E-state index contributed by atoms with van der Waals surface area (Å²) in [6.45, 7) is 0. The number of nitriles is 1. The molecule has 31 heavy (non-hydrogen) atoms. The lowest BCUT2D eigenvalue weighted by Crippen LogP contribution is -2.13. The lowest BCUT2D eigenvalue weighted by molar-refractivity contribution is -0.384. The van der Waals surface area contributed by atoms with E-state index in [9.17, 15) is 38.1 Å². The van der Waals surface area contributed by atoms with Crippen molar-refractivity contribution in [3.63, 3.8) is 0 Å². The Labute approximate surface area is 175 Å². The second-order valence-electron chi connectivity index (χ2n) is 6.18. The average Bonchev–Trinajstić information content (AvgIpc) is 3.15. The summed E-state index contributed by atoms with van der Waals surface area (Å²) in [6, 6.07) is 7.40. The van der Waals surface area contributed by atoms with Crippen molar-refractivity contribution in [2.24, 2.45) is 0 Å². The summed E-state index contributed by atoms with van der Waals surface area (Å²) in [7, 11) is 1.05. The maximum atomic E-state index is 12.9. The predicted octanol–water partition coefficient (Wildman–Crippen LogP) is 4.50. The number of carbonyl (C=O) groups excluding carboxylic acids is 2. The highest BCUT2D eigenvalue weighted by atomic mass is 32.1. The van der Waals surface area contributed by atoms with Gasteiger partial charge in [-0.1, -0.05) is 0 Å². The van der Waals surface area contributed by atoms with Crippen LogP contribution in [-0.2, 0) is 10.9 Å². The van der Waals surface area contributed by atoms with Crippen LogP contribution in [0.5, 0.6) is 0 Å². The molecule has 158 valence electrons. The molecule has 0 spiro atoms. The van der Waals surface area contributed by atoms with Crippen molar-refractivity contribution >= 4 is 39.0 Å². The first-order chi connectivity index (χ1) is 14.5. The van der Waals surface area contributed by atoms with Gasteiger partial charge in [-0.25, -0.2) is 9.78 Å². The molecule has 0 aliphatic carbocycles. The van der Waals surface area contributed by atoms with E-state index in [-0.39, 0.29) is 26.4 Å². The van der Waals surface area contributed by atoms with Crippen LogP contribution in [0.15, 0.2) is 36.4 Å². The summed E-state index contributed by atoms with van der Waals surface area (Å²) in [4.78, 5) is 39.1. The number of hydrogen-bond donors (Lipinski definition) is 0. The van der Waals surface area contributed by atoms with Gasteiger partial charge in [-0.2, -0.15) is 18.4 Å². The van der Waals surface area contributed by atoms with Crippen LogP contribution in [0, 0.1) is 21.4 Å². The topological polar surface area (TPSA) is 123 Å². The molecule has 1 aromatic heterocycles. The van der Waals surface area contributed by atoms with Gasteiger partial charge in [0.15, 0.2) is 11.7 Å². The van der Waals surface area contributed by atoms with E-state index in [0.29, 0.717) is 0 Å². The van der Waals surface area contributed by atoms with Crippen LogP contribution in [0.1, 0.15) is 37.2 Å². The molecule has 2 aromatic carbocycles. The predicted molar refractivity (Wildman–Crippen MR) is 102 cm³/mol. The maximum absolute atomic E-state index is 12.9. The number of aromatic nitrogens is 1. The van der Waals surface area contributed by atoms with Crippen molar-refractivity contribution in [1.82, 2.24) is 4.98 Å². The number of non-ortho nitro benzene ring substituents is 1. The van der Waals surface area contributed by atoms with E-state index in [2.05, 4.69) is 9.72 Å². The van der Waals surface area contributed by atoms with Gasteiger partial charge in [0.05, 0.1) is 39.4 Å². The number of ketones is 1. The number of thiazole rings is 1. The Kier molecular flexibility index (Phi) is 5.72. The average molecular weight is 449 g/mol. The van der Waals surface area contributed by atoms with Crippen LogP contribution >= 0.6 is 11.3 Å². The Bertz CT molecular complexity index is 1260. The Morgan fingerprint density at radius 3 is 2.48 bits per heavy atom. The van der Waals surface area contributed by atoms with E-state index in [0.717, 1.165) is 54.8 Å². The molecule has 0 saturated heterocycles. The van der Waals surface area contributed by atoms with Gasteiger partial charge in [-0.05, 0) is 24.3 Å². The zero-order valence-electron chi connectivity index (χ0n) is 15.5. The van der Waals surface area contributed by atoms with Crippen molar-refractivity contribution in [3.05, 3.63) is 68.2 Å². The number of ether oxygens (including phenoxy) is 1. The van der Waals surface area contributed by atoms with Crippen molar-refractivity contribution in [1.29, 1.82) is 5.26 Å². The molecule has 0 amide bonds. The van der Waals surface area contributed by atoms with E-state index in [1.54, 1.807) is 6.07 Å². The number of benzene rings is 2. The van der Waals surface area contributed by atoms with Crippen LogP contribution in [0.3, 0.4) is 0 Å². The Morgan fingerprint density at radius 2 is 1.90 bits per heavy atom. The van der Waals surface area contributed by atoms with Gasteiger partial charge < -0.3 is 4.74 Å². The Hall–Kier alpha value is -3.85. The highest BCUT2D eigenvalue weighted by molar-refractivity contribution is 7.18. The van der Waals surface area contributed by atoms with E-state index >= 15 is 0 Å². The summed E-state index contributed by atoms with van der Waals surface area (Å²) in [5.74, 6) is -3.36. The van der Waals surface area contributed by atoms with Gasteiger partial charge in [0.25, 0.3) is 5.69 Å². The first-order valence-electron chi connectivity index (χ1n) is 8.34. The minimum absolute atomic E-state index is 0.0760. The molecule has 12 heteroatoms. The van der Waals surface area contributed by atoms with E-state index in [1.807, 2.05) is 0 Å². The van der Waals surface area contributed by atoms with Crippen molar-refractivity contribution in [3.8, 4) is 6.07 Å². The molecule has 0 N–H and O–H groups in total. The van der Waals surface area contributed by atoms with Crippen LogP contribution in [0.25, 0.3) is 10.2 Å². The summed E-state index contributed by atoms with van der Waals surface area (Å²) < 4.78 is 43.4. The molecule has 0 aliphatic rings. The molecule has 1 heterocycles. The molecule has 0 bridgehead atoms. The third-order valence-corrected chi connectivity index (χ3v) is 5.29. The normalized spacial score (nSPS) is 12.2. The number of alkyl halides is 3. The van der Waals surface area contributed by atoms with Crippen LogP contribution < -0.4 is 0 Å². The second kappa shape index (κ2) is 8.11. The zero-order chi connectivity index (χ0) is 22.9. The number of nitro benzene ring substituents is 1. The monoisotopic (exact) mass is 449 g/mol. The fourth-order valence-electron chi connectivity index (χ4n) is 2.73. The third kappa shape index (κ3) is 4.36. The van der Waals surface area contributed by atoms with Crippen LogP contribution in [0.2, 0.25) is 0 Å². The van der Waals surface area contributed by atoms with Gasteiger partial charge in [0.1, 0.15) is 5.01 Å². The zero-order valence-corrected chi connectivity index (χ0v) is 16.3. The van der Waals surface area contributed by atoms with Crippen molar-refractivity contribution < 1.29 is 32.4 Å². The number of esters is 1. The second-order valence-corrected chi connectivity index (χ2v) is 7.24. The Balaban J connectivity index is 2.06. The quantitative estimate of drug-likeness (QED) is 0.243. The molecule has 8 nitrogen and oxygen atoms in total. The summed E-state index contributed by atoms with van der Waals surface area (Å²) in [5.41, 5.74) is -1.89. The maximum Gasteiger partial charge on any atom is 0.416 e. The smallest absolute Gasteiger partial charge is 0.416 e. The molecule has 0 saturated carbocycles. The Morgan fingerprint density at radius 1 is 1.23 bits per heavy atom. The molecule has 0 unspecified atom stereocenters. The van der Waals surface area contributed by atoms with E-state index in [1.165, 1.54) is 0 Å². The molecule has 3 aromatic rings. The minimum atomic E-state index is -4.57. The fraction of sp³-hybridized carbons (Fsp3) is 0.158. The lowest BCUT2D eigenvalue weighted by Gasteiger charge is -2.07. The van der Waals surface area contributed by atoms with Gasteiger partial charge in [0.2, 0.25) is 0 Å². The number of halogens is 3. The van der Waals surface area contributed by atoms with Crippen LogP contribution in [-0.4, -0.2) is 28.8 Å². The van der Waals surface area contributed by atoms with Gasteiger partial charge in [0, 0.05) is 17.7 Å². The van der Waals surface area contributed by atoms with E-state index in [4.69, 9.17) is 0 Å². The first kappa shape index (κ1) is 21.8. The number of fused-ring (bicyclic) bond motifs is 1. The number of nitrogens with zero attached hydrogens (tertiary/aromatic N) is 3. The third-order valence-electron chi connectivity index (χ3n) is 4.20. The number of methoxy groups -OCH3 is 1. The highest BCUT2D eigenvalue weighted by Gasteiger charge is 2.32. The van der Waals surface area contributed by atoms with E-state index < -0.39 is 40.0 Å².